The van der Waals surface area contributed by atoms with Gasteiger partial charge in [-0.1, -0.05) is 32.1 Å². The highest BCUT2D eigenvalue weighted by atomic mass is 32.2. The zero-order valence-electron chi connectivity index (χ0n) is 16.7. The van der Waals surface area contributed by atoms with Crippen LogP contribution in [0.2, 0.25) is 0 Å². The van der Waals surface area contributed by atoms with E-state index >= 15 is 0 Å². The van der Waals surface area contributed by atoms with Crippen molar-refractivity contribution in [3.8, 4) is 6.07 Å². The Hall–Kier alpha value is -1.98. The Kier molecular flexibility index (Phi) is 6.36. The number of pyridine rings is 1. The molecule has 3 rings (SSSR count). The maximum Gasteiger partial charge on any atom is 0.227 e. The smallest absolute Gasteiger partial charge is 0.227 e. The van der Waals surface area contributed by atoms with Gasteiger partial charge in [0, 0.05) is 17.9 Å². The molecule has 1 amide bonds. The molecule has 0 aliphatic heterocycles. The van der Waals surface area contributed by atoms with Crippen LogP contribution < -0.4 is 5.32 Å². The molecule has 2 aromatic rings. The largest absolute Gasteiger partial charge is 0.301 e. The molecule has 0 fully saturated rings. The second-order valence-corrected chi connectivity index (χ2v) is 10.4. The van der Waals surface area contributed by atoms with Gasteiger partial charge in [-0.3, -0.25) is 4.79 Å². The van der Waals surface area contributed by atoms with Gasteiger partial charge in [-0.2, -0.15) is 5.26 Å². The number of hydrogen-bond donors (Lipinski definition) is 1. The molecule has 0 aromatic carbocycles. The Morgan fingerprint density at radius 3 is 2.86 bits per heavy atom. The van der Waals surface area contributed by atoms with Crippen LogP contribution in [-0.2, 0) is 17.6 Å². The lowest BCUT2D eigenvalue weighted by Gasteiger charge is -2.34. The minimum Gasteiger partial charge on any atom is -0.301 e. The molecule has 2 aromatic heterocycles. The third-order valence-electron chi connectivity index (χ3n) is 5.04. The van der Waals surface area contributed by atoms with E-state index < -0.39 is 0 Å². The van der Waals surface area contributed by atoms with Gasteiger partial charge in [-0.15, -0.1) is 22.0 Å². The predicted octanol–water partition coefficient (Wildman–Crippen LogP) is 4.39. The van der Waals surface area contributed by atoms with Crippen LogP contribution in [0.15, 0.2) is 11.1 Å². The molecule has 1 aliphatic carbocycles. The number of carbonyl (C=O) groups excluding carboxylic acids is 1. The number of aryl methyl sites for hydroxylation is 2. The van der Waals surface area contributed by atoms with Gasteiger partial charge in [-0.05, 0) is 49.1 Å². The van der Waals surface area contributed by atoms with Gasteiger partial charge in [0.25, 0.3) is 0 Å². The van der Waals surface area contributed by atoms with E-state index in [0.717, 1.165) is 35.0 Å². The second kappa shape index (κ2) is 8.58. The maximum absolute atomic E-state index is 12.1. The summed E-state index contributed by atoms with van der Waals surface area (Å²) in [5.41, 5.74) is 3.18. The minimum absolute atomic E-state index is 0.104. The van der Waals surface area contributed by atoms with Crippen molar-refractivity contribution in [2.75, 3.05) is 11.1 Å². The predicted molar refractivity (Wildman–Crippen MR) is 113 cm³/mol. The molecule has 0 bridgehead atoms. The number of carbonyl (C=O) groups is 1. The number of rotatable bonds is 5. The molecule has 6 nitrogen and oxygen atoms in total. The number of nitrogens with zero attached hydrogens (tertiary/aromatic N) is 4. The molecule has 1 unspecified atom stereocenters. The number of thioether (sulfide) groups is 1. The highest BCUT2D eigenvalue weighted by Gasteiger charge is 2.30. The number of nitriles is 1. The summed E-state index contributed by atoms with van der Waals surface area (Å²) >= 11 is 2.82. The summed E-state index contributed by atoms with van der Waals surface area (Å²) in [6.07, 6.45) is 3.39. The van der Waals surface area contributed by atoms with Gasteiger partial charge in [0.2, 0.25) is 11.0 Å². The molecule has 0 radical (unpaired) electrons. The molecule has 0 spiro atoms. The monoisotopic (exact) mass is 415 g/mol. The number of amides is 1. The average molecular weight is 416 g/mol. The van der Waals surface area contributed by atoms with E-state index in [-0.39, 0.29) is 11.3 Å². The Balaban J connectivity index is 1.62. The molecule has 1 aliphatic rings. The van der Waals surface area contributed by atoms with Crippen LogP contribution >= 0.6 is 23.1 Å². The van der Waals surface area contributed by atoms with Crippen LogP contribution in [-0.4, -0.2) is 26.8 Å². The minimum atomic E-state index is -0.104. The van der Waals surface area contributed by atoms with Crippen LogP contribution in [0.1, 0.15) is 55.4 Å². The van der Waals surface area contributed by atoms with Gasteiger partial charge in [0.15, 0.2) is 0 Å². The molecule has 148 valence electrons. The Labute approximate surface area is 174 Å². The summed E-state index contributed by atoms with van der Waals surface area (Å²) in [4.78, 5) is 16.8. The number of nitrogens with one attached hydrogen (secondary N) is 1. The van der Waals surface area contributed by atoms with Crippen molar-refractivity contribution in [2.45, 2.75) is 58.4 Å². The summed E-state index contributed by atoms with van der Waals surface area (Å²) in [7, 11) is 0. The second-order valence-electron chi connectivity index (χ2n) is 8.14. The van der Waals surface area contributed by atoms with Crippen molar-refractivity contribution in [3.05, 3.63) is 27.9 Å². The number of anilines is 1. The molecule has 8 heteroatoms. The SMILES string of the molecule is Cc1nnc(NC(=O)CCSc2nc3c(cc2C#N)CC(C(C)(C)C)CC3)s1. The lowest BCUT2D eigenvalue weighted by Crippen LogP contribution is -2.27. The van der Waals surface area contributed by atoms with Gasteiger partial charge >= 0.3 is 0 Å². The van der Waals surface area contributed by atoms with Crippen LogP contribution in [0.25, 0.3) is 0 Å². The zero-order valence-corrected chi connectivity index (χ0v) is 18.3. The highest BCUT2D eigenvalue weighted by molar-refractivity contribution is 7.99. The maximum atomic E-state index is 12.1. The Morgan fingerprint density at radius 2 is 2.21 bits per heavy atom. The summed E-state index contributed by atoms with van der Waals surface area (Å²) in [6, 6.07) is 4.29. The third kappa shape index (κ3) is 5.09. The first-order valence-electron chi connectivity index (χ1n) is 9.42. The molecular weight excluding hydrogens is 390 g/mol. The van der Waals surface area contributed by atoms with Crippen molar-refractivity contribution >= 4 is 34.1 Å². The van der Waals surface area contributed by atoms with Crippen molar-refractivity contribution in [3.63, 3.8) is 0 Å². The molecule has 0 saturated carbocycles. The third-order valence-corrected chi connectivity index (χ3v) is 6.78. The van der Waals surface area contributed by atoms with E-state index in [9.17, 15) is 10.1 Å². The van der Waals surface area contributed by atoms with Crippen molar-refractivity contribution in [1.29, 1.82) is 5.26 Å². The Morgan fingerprint density at radius 1 is 1.43 bits per heavy atom. The van der Waals surface area contributed by atoms with Gasteiger partial charge in [0.1, 0.15) is 16.1 Å². The summed E-state index contributed by atoms with van der Waals surface area (Å²) < 4.78 is 0. The fraction of sp³-hybridized carbons (Fsp3) is 0.550. The van der Waals surface area contributed by atoms with E-state index in [4.69, 9.17) is 4.98 Å². The lowest BCUT2D eigenvalue weighted by atomic mass is 9.71. The quantitative estimate of drug-likeness (QED) is 0.729. The molecular formula is C20H25N5OS2. The van der Waals surface area contributed by atoms with E-state index in [0.29, 0.717) is 28.8 Å². The zero-order chi connectivity index (χ0) is 20.3. The highest BCUT2D eigenvalue weighted by Crippen LogP contribution is 2.38. The number of aromatic nitrogens is 3. The van der Waals surface area contributed by atoms with Crippen molar-refractivity contribution in [1.82, 2.24) is 15.2 Å². The summed E-state index contributed by atoms with van der Waals surface area (Å²) in [5.74, 6) is 1.07. The first-order chi connectivity index (χ1) is 13.3. The first kappa shape index (κ1) is 20.7. The fourth-order valence-electron chi connectivity index (χ4n) is 3.34. The van der Waals surface area contributed by atoms with Crippen LogP contribution in [0.4, 0.5) is 5.13 Å². The van der Waals surface area contributed by atoms with E-state index in [1.807, 2.05) is 13.0 Å². The Bertz CT molecular complexity index is 910. The van der Waals surface area contributed by atoms with Gasteiger partial charge in [0.05, 0.1) is 5.56 Å². The molecule has 1 N–H and O–H groups in total. The van der Waals surface area contributed by atoms with Crippen LogP contribution in [0, 0.1) is 29.6 Å². The van der Waals surface area contributed by atoms with Crippen molar-refractivity contribution in [2.24, 2.45) is 11.3 Å². The van der Waals surface area contributed by atoms with Gasteiger partial charge < -0.3 is 5.32 Å². The molecule has 1 atom stereocenters. The topological polar surface area (TPSA) is 91.6 Å². The first-order valence-corrected chi connectivity index (χ1v) is 11.2. The fourth-order valence-corrected chi connectivity index (χ4v) is 4.87. The lowest BCUT2D eigenvalue weighted by molar-refractivity contribution is -0.115. The van der Waals surface area contributed by atoms with Crippen LogP contribution in [0.3, 0.4) is 0 Å². The molecule has 28 heavy (non-hydrogen) atoms. The van der Waals surface area contributed by atoms with E-state index in [2.05, 4.69) is 42.4 Å². The number of fused-ring (bicyclic) bond motifs is 1. The average Bonchev–Trinajstić information content (AvgIpc) is 3.04. The van der Waals surface area contributed by atoms with E-state index in [1.54, 1.807) is 0 Å². The summed E-state index contributed by atoms with van der Waals surface area (Å²) in [6.45, 7) is 8.68. The standard InChI is InChI=1S/C20H25N5OS2/c1-12-24-25-19(28-12)23-17(26)7-8-27-18-14(11-21)9-13-10-15(20(2,3)4)5-6-16(13)22-18/h9,15H,5-8,10H2,1-4H3,(H,23,25,26). The molecule has 2 heterocycles. The number of hydrogen-bond acceptors (Lipinski definition) is 7. The molecule has 0 saturated heterocycles. The van der Waals surface area contributed by atoms with E-state index in [1.165, 1.54) is 28.7 Å². The van der Waals surface area contributed by atoms with Crippen LogP contribution in [0.5, 0.6) is 0 Å². The van der Waals surface area contributed by atoms with Gasteiger partial charge in [-0.25, -0.2) is 4.98 Å². The van der Waals surface area contributed by atoms with Crippen molar-refractivity contribution < 1.29 is 4.79 Å². The normalized spacial score (nSPS) is 16.3. The summed E-state index contributed by atoms with van der Waals surface area (Å²) in [5, 5.41) is 22.2.